The third kappa shape index (κ3) is 4.24. The smallest absolute Gasteiger partial charge is 0.221 e. The summed E-state index contributed by atoms with van der Waals surface area (Å²) in [5.41, 5.74) is 2.10. The van der Waals surface area contributed by atoms with Crippen molar-refractivity contribution in [1.29, 1.82) is 0 Å². The quantitative estimate of drug-likeness (QED) is 0.732. The minimum Gasteiger partial charge on any atom is -0.360 e. The molecule has 1 amide bonds. The highest BCUT2D eigenvalue weighted by Gasteiger charge is 2.18. The van der Waals surface area contributed by atoms with Gasteiger partial charge in [0.2, 0.25) is 5.91 Å². The summed E-state index contributed by atoms with van der Waals surface area (Å²) in [6.07, 6.45) is 1.89. The minimum atomic E-state index is -0.0559. The van der Waals surface area contributed by atoms with Gasteiger partial charge in [0.15, 0.2) is 5.76 Å². The van der Waals surface area contributed by atoms with Crippen LogP contribution in [-0.2, 0) is 11.3 Å². The summed E-state index contributed by atoms with van der Waals surface area (Å²) in [7, 11) is 0. The minimum absolute atomic E-state index is 0.0553. The number of hydrogen-bond donors (Lipinski definition) is 1. The van der Waals surface area contributed by atoms with Crippen molar-refractivity contribution in [1.82, 2.24) is 10.5 Å². The molecule has 5 heteroatoms. The molecule has 0 unspecified atom stereocenters. The number of amides is 1. The molecule has 0 aliphatic carbocycles. The van der Waals surface area contributed by atoms with Gasteiger partial charge in [0.25, 0.3) is 0 Å². The summed E-state index contributed by atoms with van der Waals surface area (Å²) in [5.74, 6) is 0.516. The third-order valence-corrected chi connectivity index (χ3v) is 4.03. The number of aromatic nitrogens is 1. The Morgan fingerprint density at radius 3 is 2.58 bits per heavy atom. The molecule has 0 aliphatic heterocycles. The van der Waals surface area contributed by atoms with Crippen molar-refractivity contribution in [2.75, 3.05) is 0 Å². The van der Waals surface area contributed by atoms with Gasteiger partial charge in [-0.25, -0.2) is 0 Å². The van der Waals surface area contributed by atoms with Crippen molar-refractivity contribution < 1.29 is 9.32 Å². The molecular formula is C19H17ClN2O2. The number of carbonyl (C=O) groups is 1. The first kappa shape index (κ1) is 16.3. The Bertz CT molecular complexity index is 788. The summed E-state index contributed by atoms with van der Waals surface area (Å²) in [5, 5.41) is 7.15. The lowest BCUT2D eigenvalue weighted by Gasteiger charge is -2.18. The van der Waals surface area contributed by atoms with Gasteiger partial charge in [-0.15, -0.1) is 0 Å². The summed E-state index contributed by atoms with van der Waals surface area (Å²) in [6.45, 7) is 0.329. The zero-order chi connectivity index (χ0) is 16.8. The number of hydrogen-bond acceptors (Lipinski definition) is 3. The SMILES string of the molecule is O=C(C[C@H](c1ccccc1)c1cccc(Cl)c1)NCc1ccno1. The predicted molar refractivity (Wildman–Crippen MR) is 92.7 cm³/mol. The topological polar surface area (TPSA) is 55.1 Å². The summed E-state index contributed by atoms with van der Waals surface area (Å²) >= 11 is 6.12. The van der Waals surface area contributed by atoms with Gasteiger partial charge >= 0.3 is 0 Å². The monoisotopic (exact) mass is 340 g/mol. The van der Waals surface area contributed by atoms with E-state index in [-0.39, 0.29) is 11.8 Å². The fourth-order valence-corrected chi connectivity index (χ4v) is 2.81. The molecule has 0 radical (unpaired) electrons. The molecule has 0 fully saturated rings. The summed E-state index contributed by atoms with van der Waals surface area (Å²) < 4.78 is 4.99. The highest BCUT2D eigenvalue weighted by atomic mass is 35.5. The van der Waals surface area contributed by atoms with E-state index in [0.717, 1.165) is 11.1 Å². The van der Waals surface area contributed by atoms with Gasteiger partial charge in [-0.1, -0.05) is 59.2 Å². The Labute approximate surface area is 145 Å². The fraction of sp³-hybridized carbons (Fsp3) is 0.158. The van der Waals surface area contributed by atoms with E-state index in [0.29, 0.717) is 23.7 Å². The van der Waals surface area contributed by atoms with E-state index in [1.165, 1.54) is 0 Å². The van der Waals surface area contributed by atoms with E-state index in [4.69, 9.17) is 16.1 Å². The third-order valence-electron chi connectivity index (χ3n) is 3.79. The van der Waals surface area contributed by atoms with Crippen LogP contribution in [0.15, 0.2) is 71.4 Å². The first-order chi connectivity index (χ1) is 11.7. The molecule has 0 bridgehead atoms. The standard InChI is InChI=1S/C19H17ClN2O2/c20-16-8-4-7-15(11-16)18(14-5-2-1-3-6-14)12-19(23)21-13-17-9-10-22-24-17/h1-11,18H,12-13H2,(H,21,23)/t18-/m1/s1. The van der Waals surface area contributed by atoms with Crippen molar-refractivity contribution in [2.45, 2.75) is 18.9 Å². The second-order valence-corrected chi connectivity index (χ2v) is 5.91. The van der Waals surface area contributed by atoms with Gasteiger partial charge in [0.05, 0.1) is 12.7 Å². The Morgan fingerprint density at radius 2 is 1.88 bits per heavy atom. The lowest BCUT2D eigenvalue weighted by Crippen LogP contribution is -2.24. The van der Waals surface area contributed by atoms with E-state index in [1.54, 1.807) is 12.3 Å². The fourth-order valence-electron chi connectivity index (χ4n) is 2.61. The normalized spacial score (nSPS) is 11.9. The van der Waals surface area contributed by atoms with Crippen LogP contribution in [0.5, 0.6) is 0 Å². The number of benzene rings is 2. The van der Waals surface area contributed by atoms with Crippen LogP contribution in [0, 0.1) is 0 Å². The van der Waals surface area contributed by atoms with E-state index in [2.05, 4.69) is 10.5 Å². The van der Waals surface area contributed by atoms with Crippen LogP contribution < -0.4 is 5.32 Å². The van der Waals surface area contributed by atoms with Crippen molar-refractivity contribution in [3.05, 3.63) is 88.8 Å². The van der Waals surface area contributed by atoms with Crippen molar-refractivity contribution in [3.8, 4) is 0 Å². The van der Waals surface area contributed by atoms with Gasteiger partial charge < -0.3 is 9.84 Å². The maximum atomic E-state index is 12.4. The van der Waals surface area contributed by atoms with Crippen LogP contribution in [0.25, 0.3) is 0 Å². The molecule has 0 saturated carbocycles. The highest BCUT2D eigenvalue weighted by molar-refractivity contribution is 6.30. The lowest BCUT2D eigenvalue weighted by atomic mass is 9.88. The lowest BCUT2D eigenvalue weighted by molar-refractivity contribution is -0.121. The van der Waals surface area contributed by atoms with Gasteiger partial charge in [-0.05, 0) is 23.3 Å². The summed E-state index contributed by atoms with van der Waals surface area (Å²) in [6, 6.07) is 19.3. The molecule has 4 nitrogen and oxygen atoms in total. The van der Waals surface area contributed by atoms with Crippen molar-refractivity contribution in [2.24, 2.45) is 0 Å². The molecule has 1 atom stereocenters. The first-order valence-electron chi connectivity index (χ1n) is 7.69. The van der Waals surface area contributed by atoms with Crippen LogP contribution in [-0.4, -0.2) is 11.1 Å². The second-order valence-electron chi connectivity index (χ2n) is 5.48. The molecule has 1 heterocycles. The average molecular weight is 341 g/mol. The molecule has 2 aromatic carbocycles. The molecule has 3 rings (SSSR count). The van der Waals surface area contributed by atoms with Crippen LogP contribution in [0.3, 0.4) is 0 Å². The van der Waals surface area contributed by atoms with E-state index in [1.807, 2.05) is 54.6 Å². The van der Waals surface area contributed by atoms with E-state index in [9.17, 15) is 4.79 Å². The van der Waals surface area contributed by atoms with Gasteiger partial charge in [0.1, 0.15) is 0 Å². The Kier molecular flexibility index (Phi) is 5.29. The molecule has 24 heavy (non-hydrogen) atoms. The zero-order valence-corrected chi connectivity index (χ0v) is 13.7. The largest absolute Gasteiger partial charge is 0.360 e. The molecule has 122 valence electrons. The Morgan fingerprint density at radius 1 is 1.08 bits per heavy atom. The van der Waals surface area contributed by atoms with Gasteiger partial charge in [0, 0.05) is 23.4 Å². The molecule has 0 aliphatic rings. The van der Waals surface area contributed by atoms with Crippen LogP contribution in [0.4, 0.5) is 0 Å². The van der Waals surface area contributed by atoms with Crippen LogP contribution in [0.2, 0.25) is 5.02 Å². The Balaban J connectivity index is 1.76. The second kappa shape index (κ2) is 7.79. The number of halogens is 1. The summed E-state index contributed by atoms with van der Waals surface area (Å²) in [4.78, 5) is 12.4. The van der Waals surface area contributed by atoms with Gasteiger partial charge in [-0.2, -0.15) is 0 Å². The van der Waals surface area contributed by atoms with Crippen molar-refractivity contribution >= 4 is 17.5 Å². The average Bonchev–Trinajstić information content (AvgIpc) is 3.12. The molecule has 1 aromatic heterocycles. The molecule has 3 aromatic rings. The van der Waals surface area contributed by atoms with Crippen LogP contribution in [0.1, 0.15) is 29.2 Å². The maximum Gasteiger partial charge on any atom is 0.221 e. The number of nitrogens with one attached hydrogen (secondary N) is 1. The number of carbonyl (C=O) groups excluding carboxylic acids is 1. The Hall–Kier alpha value is -2.59. The molecule has 0 saturated heterocycles. The van der Waals surface area contributed by atoms with Crippen molar-refractivity contribution in [3.63, 3.8) is 0 Å². The maximum absolute atomic E-state index is 12.4. The highest BCUT2D eigenvalue weighted by Crippen LogP contribution is 2.29. The van der Waals surface area contributed by atoms with Crippen LogP contribution >= 0.6 is 11.6 Å². The molecule has 1 N–H and O–H groups in total. The molecule has 0 spiro atoms. The zero-order valence-electron chi connectivity index (χ0n) is 13.0. The number of rotatable bonds is 6. The predicted octanol–water partition coefficient (Wildman–Crippen LogP) is 4.17. The number of nitrogens with zero attached hydrogens (tertiary/aromatic N) is 1. The van der Waals surface area contributed by atoms with E-state index < -0.39 is 0 Å². The molecular weight excluding hydrogens is 324 g/mol. The first-order valence-corrected chi connectivity index (χ1v) is 8.07. The van der Waals surface area contributed by atoms with E-state index >= 15 is 0 Å². The van der Waals surface area contributed by atoms with Gasteiger partial charge in [-0.3, -0.25) is 4.79 Å².